The lowest BCUT2D eigenvalue weighted by atomic mass is 9.85. The number of fused-ring (bicyclic) bond motifs is 2. The first-order chi connectivity index (χ1) is 51.2. The molecule has 2 unspecified atom stereocenters. The molecule has 7 aliphatic heterocycles. The highest BCUT2D eigenvalue weighted by molar-refractivity contribution is 5.99. The molecule has 107 heavy (non-hydrogen) atoms. The van der Waals surface area contributed by atoms with E-state index in [0.29, 0.717) is 54.1 Å². The Balaban J connectivity index is 0.975. The molecule has 12 atom stereocenters. The number of amides is 9. The summed E-state index contributed by atoms with van der Waals surface area (Å²) in [5.74, 6) is -8.74. The van der Waals surface area contributed by atoms with E-state index in [0.717, 1.165) is 21.5 Å². The average Bonchev–Trinajstić information content (AvgIpc) is 1.69. The molecule has 7 aliphatic rings. The molecular formula is C80H97N11O16. The van der Waals surface area contributed by atoms with Crippen molar-refractivity contribution in [3.63, 3.8) is 0 Å². The monoisotopic (exact) mass is 1470 g/mol. The smallest absolute Gasteiger partial charge is 0.326 e. The van der Waals surface area contributed by atoms with Crippen molar-refractivity contribution < 1.29 is 77.2 Å². The van der Waals surface area contributed by atoms with Crippen LogP contribution >= 0.6 is 0 Å². The Hall–Kier alpha value is -10.6. The van der Waals surface area contributed by atoms with Crippen LogP contribution in [0.3, 0.4) is 0 Å². The first-order valence-corrected chi connectivity index (χ1v) is 36.4. The van der Waals surface area contributed by atoms with Gasteiger partial charge in [-0.3, -0.25) is 43.2 Å². The molecule has 13 rings (SSSR count). The SMILES string of the molecule is CN[C@@H](C)C(=O)N[C@H](C(=O)N1CC2CC1C(=O)N[C@@H](Cc1ccc3ccccc3c1)C(=O)N[C@H](C(=O)O)Cc1ccc(cc1)C(=O)N[C@H]1C[C@@H](C(=O)N[C@@H](Cc3ccc4ccccc4c3)C(=O)N[C@H](C(=O)O)Cc3ccc(cc3)OC/C=C/CO2)N(C(=O)[C@@H](NC(=O)[C@H](C)NC)C(C)(C)C)C1)C1CCOCC1. The van der Waals surface area contributed by atoms with Gasteiger partial charge >= 0.3 is 11.9 Å². The second-order valence-electron chi connectivity index (χ2n) is 29.1. The van der Waals surface area contributed by atoms with E-state index in [9.17, 15) is 43.8 Å². The molecule has 0 saturated carbocycles. The molecule has 3 saturated heterocycles. The second-order valence-corrected chi connectivity index (χ2v) is 29.1. The van der Waals surface area contributed by atoms with Gasteiger partial charge < -0.3 is 82.1 Å². The number of carboxylic acid groups (broad SMARTS) is 2. The molecule has 0 spiro atoms. The molecule has 27 nitrogen and oxygen atoms in total. The summed E-state index contributed by atoms with van der Waals surface area (Å²) in [6.07, 6.45) is 2.62. The molecule has 3 fully saturated rings. The van der Waals surface area contributed by atoms with Crippen LogP contribution in [0.4, 0.5) is 0 Å². The van der Waals surface area contributed by atoms with Crippen molar-refractivity contribution in [2.45, 2.75) is 159 Å². The summed E-state index contributed by atoms with van der Waals surface area (Å²) >= 11 is 0. The quantitative estimate of drug-likeness (QED) is 0.0653. The van der Waals surface area contributed by atoms with Crippen LogP contribution in [0.15, 0.2) is 146 Å². The number of benzene rings is 6. The van der Waals surface area contributed by atoms with Crippen LogP contribution in [-0.2, 0) is 83.1 Å². The summed E-state index contributed by atoms with van der Waals surface area (Å²) in [6.45, 7) is 8.93. The number of nitrogens with zero attached hydrogens (tertiary/aromatic N) is 2. The van der Waals surface area contributed by atoms with Crippen LogP contribution in [-0.4, -0.2) is 211 Å². The van der Waals surface area contributed by atoms with E-state index < -0.39 is 143 Å². The Labute approximate surface area is 621 Å². The molecule has 6 aromatic rings. The zero-order valence-corrected chi connectivity index (χ0v) is 61.3. The molecule has 9 amide bonds. The van der Waals surface area contributed by atoms with E-state index >= 15 is 19.2 Å². The lowest BCUT2D eigenvalue weighted by Gasteiger charge is -2.36. The number of carboxylic acids is 2. The van der Waals surface area contributed by atoms with Crippen molar-refractivity contribution in [1.82, 2.24) is 57.7 Å². The maximum absolute atomic E-state index is 15.2. The fourth-order valence-electron chi connectivity index (χ4n) is 13.9. The normalized spacial score (nSPS) is 23.4. The van der Waals surface area contributed by atoms with Gasteiger partial charge in [-0.2, -0.15) is 0 Å². The van der Waals surface area contributed by atoms with E-state index in [1.807, 2.05) is 72.8 Å². The van der Waals surface area contributed by atoms with Gasteiger partial charge in [0.15, 0.2) is 0 Å². The average molecular weight is 1470 g/mol. The first-order valence-electron chi connectivity index (χ1n) is 36.4. The lowest BCUT2D eigenvalue weighted by Crippen LogP contribution is -2.61. The van der Waals surface area contributed by atoms with Crippen molar-refractivity contribution in [2.75, 3.05) is 53.6 Å². The summed E-state index contributed by atoms with van der Waals surface area (Å²) in [6, 6.07) is 25.5. The molecule has 568 valence electrons. The number of nitrogens with one attached hydrogen (secondary N) is 9. The fourth-order valence-corrected chi connectivity index (χ4v) is 13.9. The molecule has 0 aromatic heterocycles. The van der Waals surface area contributed by atoms with Crippen LogP contribution in [0.1, 0.15) is 92.9 Å². The highest BCUT2D eigenvalue weighted by Gasteiger charge is 2.48. The minimum Gasteiger partial charge on any atom is -0.490 e. The first kappa shape index (κ1) is 79.0. The van der Waals surface area contributed by atoms with E-state index in [4.69, 9.17) is 14.2 Å². The van der Waals surface area contributed by atoms with Gasteiger partial charge in [0.25, 0.3) is 5.91 Å². The molecule has 8 bridgehead atoms. The lowest BCUT2D eigenvalue weighted by molar-refractivity contribution is -0.145. The van der Waals surface area contributed by atoms with Crippen LogP contribution < -0.4 is 52.6 Å². The molecule has 7 heterocycles. The number of likely N-dealkylation sites (N-methyl/N-ethyl adjacent to an activating group) is 2. The maximum Gasteiger partial charge on any atom is 0.326 e. The van der Waals surface area contributed by atoms with Crippen molar-refractivity contribution in [1.29, 1.82) is 0 Å². The number of rotatable bonds is 15. The van der Waals surface area contributed by atoms with E-state index in [-0.39, 0.29) is 76.3 Å². The van der Waals surface area contributed by atoms with E-state index in [1.54, 1.807) is 97.3 Å². The molecule has 6 aromatic carbocycles. The molecule has 0 radical (unpaired) electrons. The molecule has 27 heteroatoms. The molecular weight excluding hydrogens is 1370 g/mol. The predicted octanol–water partition coefficient (Wildman–Crippen LogP) is 3.66. The van der Waals surface area contributed by atoms with Gasteiger partial charge in [0.1, 0.15) is 60.7 Å². The van der Waals surface area contributed by atoms with Crippen LogP contribution in [0.5, 0.6) is 5.75 Å². The Morgan fingerprint density at radius 1 is 0.551 bits per heavy atom. The van der Waals surface area contributed by atoms with E-state index in [2.05, 4.69) is 47.9 Å². The third-order valence-corrected chi connectivity index (χ3v) is 20.4. The highest BCUT2D eigenvalue weighted by atomic mass is 16.5. The minimum absolute atomic E-state index is 0.00649. The van der Waals surface area contributed by atoms with Crippen LogP contribution in [0.25, 0.3) is 21.5 Å². The zero-order chi connectivity index (χ0) is 76.6. The summed E-state index contributed by atoms with van der Waals surface area (Å²) in [5, 5.41) is 50.6. The standard InChI is InChI=1S/C80H97N11O16/c1-46(81-6)69(92)88-67(54-30-34-105-35-31-54)76(99)91-45-60-43-66(91)75(98)85-62(41-51-21-25-53-15-9-11-17-57(53)37-51)73(96)86-63(78(101)102)38-48-18-26-55(27-19-48)71(94)83-58-42-65(90(44-58)77(100)68(80(3,4)5)89-70(93)47(2)82-7)74(97)84-61(40-50-20-24-52-14-8-10-16-56(52)36-50)72(95)87-64(79(103)104)39-49-22-28-59(29-23-49)106-32-12-13-33-107-60/h8-29,36-37,46-47,54,58,60-68,81-82H,30-35,38-45H2,1-7H3,(H,83,94)(H,84,97)(H,85,98)(H,86,96)(H,87,95)(H,88,92)(H,89,93)(H,101,102)(H,103,104)/b13-12+/t46-,47-,58-,60?,61-,62-,63-,64-,65-,66?,67-,68+/m0/s1. The maximum atomic E-state index is 15.2. The van der Waals surface area contributed by atoms with Gasteiger partial charge in [-0.15, -0.1) is 0 Å². The number of carbonyl (C=O) groups excluding carboxylic acids is 9. The van der Waals surface area contributed by atoms with Crippen LogP contribution in [0.2, 0.25) is 0 Å². The third-order valence-electron chi connectivity index (χ3n) is 20.4. The summed E-state index contributed by atoms with van der Waals surface area (Å²) in [7, 11) is 3.21. The topological polar surface area (TPSA) is 371 Å². The van der Waals surface area contributed by atoms with Gasteiger partial charge in [0.05, 0.1) is 24.8 Å². The number of likely N-dealkylation sites (tertiary alicyclic amines) is 2. The van der Waals surface area contributed by atoms with E-state index in [1.165, 1.54) is 34.1 Å². The van der Waals surface area contributed by atoms with Crippen molar-refractivity contribution in [3.05, 3.63) is 173 Å². The number of hydrogen-bond donors (Lipinski definition) is 11. The van der Waals surface area contributed by atoms with Crippen molar-refractivity contribution >= 4 is 86.6 Å². The number of carbonyl (C=O) groups is 11. The van der Waals surface area contributed by atoms with Gasteiger partial charge in [-0.1, -0.05) is 136 Å². The minimum atomic E-state index is -1.59. The number of ether oxygens (including phenoxy) is 3. The largest absolute Gasteiger partial charge is 0.490 e. The number of aliphatic carboxylic acids is 2. The van der Waals surface area contributed by atoms with Crippen molar-refractivity contribution in [2.24, 2.45) is 11.3 Å². The van der Waals surface area contributed by atoms with Gasteiger partial charge in [0.2, 0.25) is 47.3 Å². The Bertz CT molecular complexity index is 4260. The Kier molecular flexibility index (Phi) is 26.7. The predicted molar refractivity (Wildman–Crippen MR) is 398 cm³/mol. The summed E-state index contributed by atoms with van der Waals surface area (Å²) in [4.78, 5) is 161. The summed E-state index contributed by atoms with van der Waals surface area (Å²) in [5.41, 5.74) is 1.29. The highest BCUT2D eigenvalue weighted by Crippen LogP contribution is 2.30. The second kappa shape index (κ2) is 36.1. The number of hydrogen-bond acceptors (Lipinski definition) is 16. The van der Waals surface area contributed by atoms with Crippen molar-refractivity contribution in [3.8, 4) is 5.75 Å². The van der Waals surface area contributed by atoms with Gasteiger partial charge in [-0.05, 0) is 133 Å². The van der Waals surface area contributed by atoms with Crippen LogP contribution in [0, 0.1) is 11.3 Å². The fraction of sp³-hybridized carbons (Fsp3) is 0.438. The summed E-state index contributed by atoms with van der Waals surface area (Å²) < 4.78 is 18.0. The van der Waals surface area contributed by atoms with Gasteiger partial charge in [-0.25, -0.2) is 9.59 Å². The third kappa shape index (κ3) is 20.7. The van der Waals surface area contributed by atoms with Gasteiger partial charge in [0, 0.05) is 70.0 Å². The Morgan fingerprint density at radius 3 is 1.55 bits per heavy atom. The Morgan fingerprint density at radius 2 is 1.04 bits per heavy atom. The molecule has 0 aliphatic carbocycles. The molecule has 11 N–H and O–H groups in total. The zero-order valence-electron chi connectivity index (χ0n) is 61.3.